The van der Waals surface area contributed by atoms with Crippen LogP contribution in [0.4, 0.5) is 5.69 Å². The van der Waals surface area contributed by atoms with Crippen molar-refractivity contribution in [1.82, 2.24) is 10.2 Å². The lowest BCUT2D eigenvalue weighted by atomic mass is 9.94. The Morgan fingerprint density at radius 3 is 2.82 bits per heavy atom. The van der Waals surface area contributed by atoms with Crippen LogP contribution in [-0.4, -0.2) is 61.1 Å². The van der Waals surface area contributed by atoms with Crippen molar-refractivity contribution in [2.75, 3.05) is 25.5 Å². The fourth-order valence-electron chi connectivity index (χ4n) is 4.36. The van der Waals surface area contributed by atoms with E-state index in [0.717, 1.165) is 11.3 Å². The average Bonchev–Trinajstić information content (AvgIpc) is 3.29. The molecule has 0 spiro atoms. The van der Waals surface area contributed by atoms with Crippen LogP contribution in [0.25, 0.3) is 0 Å². The monoisotopic (exact) mass is 471 g/mol. The van der Waals surface area contributed by atoms with E-state index in [4.69, 9.17) is 9.47 Å². The van der Waals surface area contributed by atoms with Gasteiger partial charge in [0.25, 0.3) is 5.91 Å². The van der Waals surface area contributed by atoms with Crippen molar-refractivity contribution in [3.05, 3.63) is 46.2 Å². The molecule has 3 atom stereocenters. The summed E-state index contributed by atoms with van der Waals surface area (Å²) >= 11 is 1.53. The Balaban J connectivity index is 1.45. The van der Waals surface area contributed by atoms with E-state index in [9.17, 15) is 14.4 Å². The van der Waals surface area contributed by atoms with Gasteiger partial charge in [-0.15, -0.1) is 11.3 Å². The summed E-state index contributed by atoms with van der Waals surface area (Å²) in [4.78, 5) is 40.3. The number of carbonyl (C=O) groups excluding carboxylic acids is 3. The van der Waals surface area contributed by atoms with Crippen molar-refractivity contribution in [3.8, 4) is 5.75 Å². The van der Waals surface area contributed by atoms with Crippen LogP contribution in [0.15, 0.2) is 35.7 Å². The summed E-state index contributed by atoms with van der Waals surface area (Å²) in [5.74, 6) is 0.107. The fraction of sp³-hybridized carbons (Fsp3) is 0.458. The van der Waals surface area contributed by atoms with E-state index in [1.807, 2.05) is 24.4 Å². The summed E-state index contributed by atoms with van der Waals surface area (Å²) in [5, 5.41) is 7.61. The second kappa shape index (κ2) is 10.4. The fourth-order valence-corrected chi connectivity index (χ4v) is 5.06. The van der Waals surface area contributed by atoms with E-state index >= 15 is 0 Å². The Morgan fingerprint density at radius 1 is 1.21 bits per heavy atom. The maximum atomic E-state index is 13.3. The van der Waals surface area contributed by atoms with E-state index in [1.165, 1.54) is 11.3 Å². The third-order valence-electron chi connectivity index (χ3n) is 6.00. The molecule has 0 radical (unpaired) electrons. The number of benzene rings is 1. The molecule has 2 aliphatic heterocycles. The van der Waals surface area contributed by atoms with Crippen LogP contribution in [-0.2, 0) is 20.7 Å². The van der Waals surface area contributed by atoms with E-state index in [2.05, 4.69) is 10.6 Å². The second-order valence-corrected chi connectivity index (χ2v) is 9.37. The number of nitrogens with one attached hydrogen (secondary N) is 2. The minimum Gasteiger partial charge on any atom is -0.490 e. The number of hydrogen-bond donors (Lipinski definition) is 2. The van der Waals surface area contributed by atoms with Crippen LogP contribution < -0.4 is 15.4 Å². The predicted octanol–water partition coefficient (Wildman–Crippen LogP) is 2.84. The van der Waals surface area contributed by atoms with Crippen LogP contribution >= 0.6 is 11.3 Å². The maximum Gasteiger partial charge on any atom is 0.257 e. The third-order valence-corrected chi connectivity index (χ3v) is 6.87. The Kier molecular flexibility index (Phi) is 7.29. The minimum absolute atomic E-state index is 0.0313. The summed E-state index contributed by atoms with van der Waals surface area (Å²) in [7, 11) is 1.77. The molecule has 0 aliphatic carbocycles. The lowest BCUT2D eigenvalue weighted by Gasteiger charge is -2.42. The average molecular weight is 472 g/mol. The number of likely N-dealkylation sites (N-methyl/N-ethyl adjacent to an activating group) is 1. The van der Waals surface area contributed by atoms with Crippen LogP contribution in [0.1, 0.15) is 41.4 Å². The lowest BCUT2D eigenvalue weighted by molar-refractivity contribution is -0.134. The summed E-state index contributed by atoms with van der Waals surface area (Å²) in [6.07, 6.45) is 1.52. The standard InChI is InChI=1S/C24H29N3O5S/c1-3-25-22(28)12-16-7-8-19-21(32-16)14-31-20-9-6-15(11-18(20)24(30)27(19)2)26-23(29)13-17-5-4-10-33-17/h4-6,9-11,16,19,21H,3,7-8,12-14H2,1-2H3,(H,25,28)(H,26,29)/t16-,19-,21-/m1/s1. The number of ether oxygens (including phenoxy) is 2. The topological polar surface area (TPSA) is 97.0 Å². The molecule has 4 rings (SSSR count). The third kappa shape index (κ3) is 5.54. The van der Waals surface area contributed by atoms with Gasteiger partial charge in [0.2, 0.25) is 11.8 Å². The van der Waals surface area contributed by atoms with Crippen LogP contribution in [0.2, 0.25) is 0 Å². The largest absolute Gasteiger partial charge is 0.490 e. The molecule has 0 unspecified atom stereocenters. The first-order valence-electron chi connectivity index (χ1n) is 11.2. The number of amides is 3. The normalized spacial score (nSPS) is 22.3. The summed E-state index contributed by atoms with van der Waals surface area (Å²) in [6, 6.07) is 8.79. The molecule has 1 aromatic carbocycles. The molecular formula is C24H29N3O5S. The molecule has 1 fully saturated rings. The van der Waals surface area contributed by atoms with Crippen molar-refractivity contribution in [2.45, 2.75) is 50.9 Å². The van der Waals surface area contributed by atoms with Gasteiger partial charge in [0.1, 0.15) is 18.5 Å². The summed E-state index contributed by atoms with van der Waals surface area (Å²) in [5.41, 5.74) is 0.967. The Morgan fingerprint density at radius 2 is 2.06 bits per heavy atom. The molecule has 2 aliphatic rings. The first-order valence-corrected chi connectivity index (χ1v) is 12.1. The molecule has 3 heterocycles. The zero-order chi connectivity index (χ0) is 23.4. The number of anilines is 1. The van der Waals surface area contributed by atoms with Gasteiger partial charge in [-0.05, 0) is 49.4 Å². The van der Waals surface area contributed by atoms with Crippen LogP contribution in [0.3, 0.4) is 0 Å². The molecule has 2 N–H and O–H groups in total. The van der Waals surface area contributed by atoms with E-state index in [0.29, 0.717) is 36.4 Å². The molecule has 8 nitrogen and oxygen atoms in total. The molecule has 33 heavy (non-hydrogen) atoms. The highest BCUT2D eigenvalue weighted by Gasteiger charge is 2.39. The van der Waals surface area contributed by atoms with Crippen molar-refractivity contribution < 1.29 is 23.9 Å². The molecule has 2 aromatic rings. The van der Waals surface area contributed by atoms with Crippen molar-refractivity contribution in [2.24, 2.45) is 0 Å². The predicted molar refractivity (Wildman–Crippen MR) is 126 cm³/mol. The molecule has 3 amide bonds. The quantitative estimate of drug-likeness (QED) is 0.675. The number of rotatable bonds is 6. The smallest absolute Gasteiger partial charge is 0.257 e. The van der Waals surface area contributed by atoms with Gasteiger partial charge >= 0.3 is 0 Å². The second-order valence-electron chi connectivity index (χ2n) is 8.34. The number of nitrogens with zero attached hydrogens (tertiary/aromatic N) is 1. The first-order chi connectivity index (χ1) is 15.9. The van der Waals surface area contributed by atoms with Gasteiger partial charge in [-0.25, -0.2) is 0 Å². The SMILES string of the molecule is CCNC(=O)C[C@H]1CC[C@@H]2[C@@H](COc3ccc(NC(=O)Cc4cccs4)cc3C(=O)N2C)O1. The number of hydrogen-bond acceptors (Lipinski definition) is 6. The molecular weight excluding hydrogens is 442 g/mol. The van der Waals surface area contributed by atoms with Gasteiger partial charge < -0.3 is 25.0 Å². The van der Waals surface area contributed by atoms with Crippen LogP contribution in [0, 0.1) is 0 Å². The zero-order valence-corrected chi connectivity index (χ0v) is 19.7. The van der Waals surface area contributed by atoms with E-state index < -0.39 is 0 Å². The van der Waals surface area contributed by atoms with Crippen LogP contribution in [0.5, 0.6) is 5.75 Å². The Bertz CT molecular complexity index is 1010. The van der Waals surface area contributed by atoms with Gasteiger partial charge in [-0.2, -0.15) is 0 Å². The number of carbonyl (C=O) groups is 3. The molecule has 0 saturated carbocycles. The van der Waals surface area contributed by atoms with Gasteiger partial charge in [0, 0.05) is 24.2 Å². The van der Waals surface area contributed by atoms with E-state index in [1.54, 1.807) is 30.1 Å². The van der Waals surface area contributed by atoms with Crippen molar-refractivity contribution in [3.63, 3.8) is 0 Å². The van der Waals surface area contributed by atoms with Gasteiger partial charge in [-0.3, -0.25) is 14.4 Å². The lowest BCUT2D eigenvalue weighted by Crippen LogP contribution is -2.54. The number of fused-ring (bicyclic) bond motifs is 2. The zero-order valence-electron chi connectivity index (χ0n) is 18.8. The molecule has 0 bridgehead atoms. The van der Waals surface area contributed by atoms with Gasteiger partial charge in [-0.1, -0.05) is 6.07 Å². The summed E-state index contributed by atoms with van der Waals surface area (Å²) in [6.45, 7) is 2.76. The first kappa shape index (κ1) is 23.3. The van der Waals surface area contributed by atoms with Gasteiger partial charge in [0.05, 0.1) is 30.6 Å². The molecule has 176 valence electrons. The van der Waals surface area contributed by atoms with Crippen molar-refractivity contribution >= 4 is 34.7 Å². The van der Waals surface area contributed by atoms with E-state index in [-0.39, 0.29) is 49.0 Å². The highest BCUT2D eigenvalue weighted by atomic mass is 32.1. The molecule has 1 aromatic heterocycles. The highest BCUT2D eigenvalue weighted by molar-refractivity contribution is 7.10. The van der Waals surface area contributed by atoms with Gasteiger partial charge in [0.15, 0.2) is 0 Å². The maximum absolute atomic E-state index is 13.3. The molecule has 1 saturated heterocycles. The summed E-state index contributed by atoms with van der Waals surface area (Å²) < 4.78 is 12.1. The highest BCUT2D eigenvalue weighted by Crippen LogP contribution is 2.32. The Labute approximate surface area is 197 Å². The minimum atomic E-state index is -0.314. The Hall–Kier alpha value is -2.91. The van der Waals surface area contributed by atoms with Crippen molar-refractivity contribution in [1.29, 1.82) is 0 Å². The number of thiophene rings is 1. The molecule has 9 heteroatoms.